The third kappa shape index (κ3) is 4.83. The van der Waals surface area contributed by atoms with Gasteiger partial charge in [0.15, 0.2) is 0 Å². The Morgan fingerprint density at radius 3 is 2.81 bits per heavy atom. The van der Waals surface area contributed by atoms with Gasteiger partial charge < -0.3 is 14.6 Å². The van der Waals surface area contributed by atoms with Crippen LogP contribution in [0.15, 0.2) is 53.1 Å². The zero-order valence-electron chi connectivity index (χ0n) is 14.2. The Balaban J connectivity index is 1.48. The summed E-state index contributed by atoms with van der Waals surface area (Å²) in [4.78, 5) is 16.4. The van der Waals surface area contributed by atoms with Gasteiger partial charge in [-0.05, 0) is 42.8 Å². The highest BCUT2D eigenvalue weighted by Crippen LogP contribution is 2.20. The fraction of sp³-hybridized carbons (Fsp3) is 0.211. The zero-order chi connectivity index (χ0) is 18.4. The summed E-state index contributed by atoms with van der Waals surface area (Å²) >= 11 is 5.87. The number of nitrogens with one attached hydrogen (secondary N) is 1. The molecule has 6 nitrogen and oxygen atoms in total. The second-order valence-corrected chi connectivity index (χ2v) is 6.09. The number of carbonyl (C=O) groups is 1. The molecule has 1 amide bonds. The Morgan fingerprint density at radius 1 is 1.23 bits per heavy atom. The maximum atomic E-state index is 12.0. The molecule has 0 saturated heterocycles. The van der Waals surface area contributed by atoms with E-state index in [4.69, 9.17) is 20.9 Å². The number of anilines is 1. The second-order valence-electron chi connectivity index (χ2n) is 5.65. The molecule has 2 aromatic carbocycles. The van der Waals surface area contributed by atoms with Crippen molar-refractivity contribution in [2.75, 3.05) is 12.4 Å². The third-order valence-electron chi connectivity index (χ3n) is 3.72. The van der Waals surface area contributed by atoms with E-state index in [1.54, 1.807) is 25.3 Å². The highest BCUT2D eigenvalue weighted by atomic mass is 35.5. The van der Waals surface area contributed by atoms with Crippen LogP contribution in [0.3, 0.4) is 0 Å². The molecular weight excluding hydrogens is 354 g/mol. The van der Waals surface area contributed by atoms with E-state index in [1.807, 2.05) is 30.3 Å². The summed E-state index contributed by atoms with van der Waals surface area (Å²) in [6, 6.07) is 14.4. The molecule has 3 rings (SSSR count). The van der Waals surface area contributed by atoms with Crippen LogP contribution in [0.5, 0.6) is 5.75 Å². The monoisotopic (exact) mass is 371 g/mol. The van der Waals surface area contributed by atoms with Gasteiger partial charge in [-0.3, -0.25) is 4.79 Å². The molecule has 3 aromatic rings. The number of hydrogen-bond acceptors (Lipinski definition) is 5. The molecule has 0 spiro atoms. The first-order valence-corrected chi connectivity index (χ1v) is 8.54. The van der Waals surface area contributed by atoms with Crippen LogP contribution < -0.4 is 10.1 Å². The fourth-order valence-corrected chi connectivity index (χ4v) is 2.52. The van der Waals surface area contributed by atoms with Crippen molar-refractivity contribution in [1.82, 2.24) is 10.1 Å². The Morgan fingerprint density at radius 2 is 2.04 bits per heavy atom. The molecule has 0 aliphatic heterocycles. The lowest BCUT2D eigenvalue weighted by Crippen LogP contribution is -2.11. The number of amides is 1. The van der Waals surface area contributed by atoms with E-state index in [0.29, 0.717) is 47.4 Å². The Bertz CT molecular complexity index is 878. The van der Waals surface area contributed by atoms with Crippen LogP contribution in [-0.4, -0.2) is 23.2 Å². The Kier molecular flexibility index (Phi) is 5.86. The van der Waals surface area contributed by atoms with Crippen LogP contribution in [-0.2, 0) is 11.2 Å². The summed E-state index contributed by atoms with van der Waals surface area (Å²) in [5.41, 5.74) is 1.54. The first kappa shape index (κ1) is 17.9. The van der Waals surface area contributed by atoms with Crippen LogP contribution in [0.1, 0.15) is 18.7 Å². The van der Waals surface area contributed by atoms with Gasteiger partial charge in [-0.1, -0.05) is 22.8 Å². The lowest BCUT2D eigenvalue weighted by atomic mass is 10.2. The van der Waals surface area contributed by atoms with Gasteiger partial charge in [-0.15, -0.1) is 0 Å². The average molecular weight is 372 g/mol. The molecule has 0 atom stereocenters. The van der Waals surface area contributed by atoms with E-state index in [2.05, 4.69) is 15.5 Å². The second kappa shape index (κ2) is 8.49. The minimum Gasteiger partial charge on any atom is -0.497 e. The van der Waals surface area contributed by atoms with Crippen molar-refractivity contribution in [3.63, 3.8) is 0 Å². The number of ether oxygens (including phenoxy) is 1. The number of aromatic nitrogens is 2. The molecule has 134 valence electrons. The molecule has 0 fully saturated rings. The predicted molar refractivity (Wildman–Crippen MR) is 99.3 cm³/mol. The van der Waals surface area contributed by atoms with Crippen molar-refractivity contribution in [3.05, 3.63) is 59.4 Å². The zero-order valence-corrected chi connectivity index (χ0v) is 15.0. The minimum atomic E-state index is -0.0734. The van der Waals surface area contributed by atoms with Crippen LogP contribution in [0.25, 0.3) is 11.4 Å². The van der Waals surface area contributed by atoms with Crippen LogP contribution >= 0.6 is 11.6 Å². The maximum Gasteiger partial charge on any atom is 0.226 e. The molecule has 0 aliphatic rings. The summed E-state index contributed by atoms with van der Waals surface area (Å²) in [6.07, 6.45) is 1.50. The van der Waals surface area contributed by atoms with Gasteiger partial charge in [-0.2, -0.15) is 4.98 Å². The maximum absolute atomic E-state index is 12.0. The van der Waals surface area contributed by atoms with Gasteiger partial charge in [0.2, 0.25) is 17.6 Å². The molecule has 0 saturated carbocycles. The summed E-state index contributed by atoms with van der Waals surface area (Å²) in [5.74, 6) is 1.64. The van der Waals surface area contributed by atoms with E-state index in [9.17, 15) is 4.79 Å². The van der Waals surface area contributed by atoms with Crippen LogP contribution in [0.4, 0.5) is 5.69 Å². The number of carbonyl (C=O) groups excluding carboxylic acids is 1. The van der Waals surface area contributed by atoms with Gasteiger partial charge in [0, 0.05) is 35.2 Å². The fourth-order valence-electron chi connectivity index (χ4n) is 2.40. The number of benzene rings is 2. The van der Waals surface area contributed by atoms with Crippen molar-refractivity contribution in [1.29, 1.82) is 0 Å². The van der Waals surface area contributed by atoms with Crippen LogP contribution in [0.2, 0.25) is 5.02 Å². The minimum absolute atomic E-state index is 0.0734. The number of halogens is 1. The van der Waals surface area contributed by atoms with E-state index in [-0.39, 0.29) is 5.91 Å². The number of hydrogen-bond donors (Lipinski definition) is 1. The molecule has 1 heterocycles. The molecule has 0 aliphatic carbocycles. The normalized spacial score (nSPS) is 10.5. The molecule has 7 heteroatoms. The number of rotatable bonds is 7. The smallest absolute Gasteiger partial charge is 0.226 e. The summed E-state index contributed by atoms with van der Waals surface area (Å²) in [5, 5.41) is 7.45. The standard InChI is InChI=1S/C19H18ClN3O3/c1-25-16-5-2-4-15(12-16)21-17(24)6-3-7-18-22-19(23-26-18)13-8-10-14(20)11-9-13/h2,4-5,8-12H,3,6-7H2,1H3,(H,21,24). The molecular formula is C19H18ClN3O3. The molecule has 0 radical (unpaired) electrons. The van der Waals surface area contributed by atoms with E-state index >= 15 is 0 Å². The van der Waals surface area contributed by atoms with Crippen molar-refractivity contribution in [3.8, 4) is 17.1 Å². The predicted octanol–water partition coefficient (Wildman–Crippen LogP) is 4.36. The molecule has 0 bridgehead atoms. The van der Waals surface area contributed by atoms with Gasteiger partial charge >= 0.3 is 0 Å². The average Bonchev–Trinajstić information content (AvgIpc) is 3.11. The van der Waals surface area contributed by atoms with Crippen molar-refractivity contribution < 1.29 is 14.1 Å². The van der Waals surface area contributed by atoms with Gasteiger partial charge in [-0.25, -0.2) is 0 Å². The quantitative estimate of drug-likeness (QED) is 0.667. The molecule has 1 N–H and O–H groups in total. The highest BCUT2D eigenvalue weighted by molar-refractivity contribution is 6.30. The summed E-state index contributed by atoms with van der Waals surface area (Å²) in [7, 11) is 1.59. The molecule has 26 heavy (non-hydrogen) atoms. The summed E-state index contributed by atoms with van der Waals surface area (Å²) in [6.45, 7) is 0. The third-order valence-corrected chi connectivity index (χ3v) is 3.97. The highest BCUT2D eigenvalue weighted by Gasteiger charge is 2.10. The Hall–Kier alpha value is -2.86. The molecule has 1 aromatic heterocycles. The Labute approximate surface area is 156 Å². The summed E-state index contributed by atoms with van der Waals surface area (Å²) < 4.78 is 10.4. The lowest BCUT2D eigenvalue weighted by Gasteiger charge is -2.06. The van der Waals surface area contributed by atoms with Crippen LogP contribution in [0, 0.1) is 0 Å². The number of methoxy groups -OCH3 is 1. The van der Waals surface area contributed by atoms with Crippen molar-refractivity contribution in [2.45, 2.75) is 19.3 Å². The van der Waals surface area contributed by atoms with Gasteiger partial charge in [0.05, 0.1) is 7.11 Å². The van der Waals surface area contributed by atoms with Crippen molar-refractivity contribution >= 4 is 23.2 Å². The lowest BCUT2D eigenvalue weighted by molar-refractivity contribution is -0.116. The van der Waals surface area contributed by atoms with E-state index in [0.717, 1.165) is 5.56 Å². The van der Waals surface area contributed by atoms with E-state index in [1.165, 1.54) is 0 Å². The molecule has 0 unspecified atom stereocenters. The topological polar surface area (TPSA) is 77.2 Å². The first-order chi connectivity index (χ1) is 12.6. The van der Waals surface area contributed by atoms with E-state index < -0.39 is 0 Å². The van der Waals surface area contributed by atoms with Crippen molar-refractivity contribution in [2.24, 2.45) is 0 Å². The largest absolute Gasteiger partial charge is 0.497 e. The number of nitrogens with zero attached hydrogens (tertiary/aromatic N) is 2. The van der Waals surface area contributed by atoms with Gasteiger partial charge in [0.1, 0.15) is 5.75 Å². The first-order valence-electron chi connectivity index (χ1n) is 8.16. The van der Waals surface area contributed by atoms with Gasteiger partial charge in [0.25, 0.3) is 0 Å². The SMILES string of the molecule is COc1cccc(NC(=O)CCCc2nc(-c3ccc(Cl)cc3)no2)c1. The number of aryl methyl sites for hydroxylation is 1.